The van der Waals surface area contributed by atoms with Crippen LogP contribution in [-0.4, -0.2) is 12.5 Å². The molecule has 104 valence electrons. The molecular formula is C16H18N2O2. The van der Waals surface area contributed by atoms with E-state index < -0.39 is 0 Å². The summed E-state index contributed by atoms with van der Waals surface area (Å²) in [6.07, 6.45) is 2.40. The summed E-state index contributed by atoms with van der Waals surface area (Å²) < 4.78 is 5.31. The molecule has 1 aromatic heterocycles. The van der Waals surface area contributed by atoms with Gasteiger partial charge in [-0.3, -0.25) is 4.79 Å². The third kappa shape index (κ3) is 2.54. The summed E-state index contributed by atoms with van der Waals surface area (Å²) in [5.41, 5.74) is 2.33. The third-order valence-electron chi connectivity index (χ3n) is 3.72. The molecule has 1 aliphatic rings. The van der Waals surface area contributed by atoms with Crippen molar-refractivity contribution in [2.24, 2.45) is 5.92 Å². The molecule has 0 radical (unpaired) electrons. The van der Waals surface area contributed by atoms with Crippen LogP contribution in [0.25, 0.3) is 0 Å². The molecule has 1 aromatic carbocycles. The van der Waals surface area contributed by atoms with Gasteiger partial charge in [-0.05, 0) is 37.1 Å². The summed E-state index contributed by atoms with van der Waals surface area (Å²) >= 11 is 0. The van der Waals surface area contributed by atoms with Crippen molar-refractivity contribution in [3.8, 4) is 0 Å². The van der Waals surface area contributed by atoms with Crippen molar-refractivity contribution in [3.63, 3.8) is 0 Å². The SMILES string of the molecule is C[C@H](NC(=O)C1CNc2ccccc2C1)c1ccco1. The lowest BCUT2D eigenvalue weighted by Crippen LogP contribution is -2.39. The first kappa shape index (κ1) is 12.8. The molecule has 0 saturated carbocycles. The highest BCUT2D eigenvalue weighted by atomic mass is 16.3. The molecular weight excluding hydrogens is 252 g/mol. The van der Waals surface area contributed by atoms with Gasteiger partial charge in [-0.15, -0.1) is 0 Å². The first-order valence-corrected chi connectivity index (χ1v) is 6.89. The van der Waals surface area contributed by atoms with Crippen LogP contribution in [-0.2, 0) is 11.2 Å². The van der Waals surface area contributed by atoms with Crippen molar-refractivity contribution < 1.29 is 9.21 Å². The molecule has 1 amide bonds. The van der Waals surface area contributed by atoms with Gasteiger partial charge < -0.3 is 15.1 Å². The van der Waals surface area contributed by atoms with Crippen molar-refractivity contribution in [2.45, 2.75) is 19.4 Å². The normalized spacial score (nSPS) is 18.8. The summed E-state index contributed by atoms with van der Waals surface area (Å²) in [7, 11) is 0. The average Bonchev–Trinajstić information content (AvgIpc) is 3.01. The average molecular weight is 270 g/mol. The van der Waals surface area contributed by atoms with E-state index >= 15 is 0 Å². The zero-order valence-corrected chi connectivity index (χ0v) is 11.4. The van der Waals surface area contributed by atoms with Crippen LogP contribution in [0.2, 0.25) is 0 Å². The summed E-state index contributed by atoms with van der Waals surface area (Å²) in [5, 5.41) is 6.33. The highest BCUT2D eigenvalue weighted by Gasteiger charge is 2.25. The molecule has 0 saturated heterocycles. The molecule has 2 aromatic rings. The number of benzene rings is 1. The van der Waals surface area contributed by atoms with E-state index in [1.807, 2.05) is 31.2 Å². The van der Waals surface area contributed by atoms with Crippen LogP contribution in [0, 0.1) is 5.92 Å². The van der Waals surface area contributed by atoms with E-state index in [9.17, 15) is 4.79 Å². The first-order chi connectivity index (χ1) is 9.74. The van der Waals surface area contributed by atoms with Gasteiger partial charge in [0, 0.05) is 12.2 Å². The number of fused-ring (bicyclic) bond motifs is 1. The highest BCUT2D eigenvalue weighted by Crippen LogP contribution is 2.25. The van der Waals surface area contributed by atoms with Gasteiger partial charge in [0.2, 0.25) is 5.91 Å². The minimum absolute atomic E-state index is 0.0395. The molecule has 2 atom stereocenters. The maximum absolute atomic E-state index is 12.3. The second-order valence-electron chi connectivity index (χ2n) is 5.18. The number of anilines is 1. The van der Waals surface area contributed by atoms with E-state index in [-0.39, 0.29) is 17.9 Å². The number of para-hydroxylation sites is 1. The maximum atomic E-state index is 12.3. The van der Waals surface area contributed by atoms with Gasteiger partial charge >= 0.3 is 0 Å². The number of hydrogen-bond donors (Lipinski definition) is 2. The van der Waals surface area contributed by atoms with Gasteiger partial charge in [-0.1, -0.05) is 18.2 Å². The van der Waals surface area contributed by atoms with Crippen LogP contribution >= 0.6 is 0 Å². The van der Waals surface area contributed by atoms with E-state index in [0.717, 1.165) is 17.9 Å². The first-order valence-electron chi connectivity index (χ1n) is 6.89. The molecule has 0 fully saturated rings. The Morgan fingerprint density at radius 1 is 1.35 bits per heavy atom. The van der Waals surface area contributed by atoms with Crippen LogP contribution in [0.4, 0.5) is 5.69 Å². The second kappa shape index (κ2) is 5.41. The van der Waals surface area contributed by atoms with Crippen LogP contribution in [0.15, 0.2) is 47.1 Å². The fourth-order valence-electron chi connectivity index (χ4n) is 2.57. The minimum Gasteiger partial charge on any atom is -0.467 e. The highest BCUT2D eigenvalue weighted by molar-refractivity contribution is 5.81. The van der Waals surface area contributed by atoms with Gasteiger partial charge in [-0.2, -0.15) is 0 Å². The van der Waals surface area contributed by atoms with Crippen molar-refractivity contribution in [1.82, 2.24) is 5.32 Å². The van der Waals surface area contributed by atoms with Crippen molar-refractivity contribution in [1.29, 1.82) is 0 Å². The molecule has 0 bridgehead atoms. The van der Waals surface area contributed by atoms with E-state index in [2.05, 4.69) is 22.8 Å². The lowest BCUT2D eigenvalue weighted by atomic mass is 9.93. The van der Waals surface area contributed by atoms with Crippen molar-refractivity contribution in [3.05, 3.63) is 54.0 Å². The quantitative estimate of drug-likeness (QED) is 0.901. The zero-order chi connectivity index (χ0) is 13.9. The maximum Gasteiger partial charge on any atom is 0.225 e. The Labute approximate surface area is 118 Å². The van der Waals surface area contributed by atoms with Crippen LogP contribution in [0.3, 0.4) is 0 Å². The Hall–Kier alpha value is -2.23. The Bertz CT molecular complexity index is 592. The third-order valence-corrected chi connectivity index (χ3v) is 3.72. The van der Waals surface area contributed by atoms with Gasteiger partial charge in [0.15, 0.2) is 0 Å². The standard InChI is InChI=1S/C16H18N2O2/c1-11(15-7-4-8-20-15)18-16(19)13-9-12-5-2-3-6-14(12)17-10-13/h2-8,11,13,17H,9-10H2,1H3,(H,18,19)/t11-,13?/m0/s1. The molecule has 0 spiro atoms. The zero-order valence-electron chi connectivity index (χ0n) is 11.4. The van der Waals surface area contributed by atoms with E-state index in [1.165, 1.54) is 5.56 Å². The van der Waals surface area contributed by atoms with E-state index in [1.54, 1.807) is 6.26 Å². The fraction of sp³-hybridized carbons (Fsp3) is 0.312. The molecule has 4 nitrogen and oxygen atoms in total. The molecule has 1 aliphatic heterocycles. The molecule has 2 N–H and O–H groups in total. The van der Waals surface area contributed by atoms with E-state index in [0.29, 0.717) is 6.54 Å². The number of hydrogen-bond acceptors (Lipinski definition) is 3. The van der Waals surface area contributed by atoms with Crippen molar-refractivity contribution >= 4 is 11.6 Å². The number of nitrogens with one attached hydrogen (secondary N) is 2. The monoisotopic (exact) mass is 270 g/mol. The number of carbonyl (C=O) groups excluding carboxylic acids is 1. The topological polar surface area (TPSA) is 54.3 Å². The van der Waals surface area contributed by atoms with Crippen LogP contribution in [0.5, 0.6) is 0 Å². The van der Waals surface area contributed by atoms with Crippen LogP contribution in [0.1, 0.15) is 24.3 Å². The molecule has 2 heterocycles. The largest absolute Gasteiger partial charge is 0.467 e. The number of rotatable bonds is 3. The van der Waals surface area contributed by atoms with Gasteiger partial charge in [0.1, 0.15) is 5.76 Å². The molecule has 3 rings (SSSR count). The van der Waals surface area contributed by atoms with Gasteiger partial charge in [0.05, 0.1) is 18.2 Å². The summed E-state index contributed by atoms with van der Waals surface area (Å²) in [5.74, 6) is 0.806. The predicted molar refractivity (Wildman–Crippen MR) is 77.4 cm³/mol. The minimum atomic E-state index is -0.102. The Balaban J connectivity index is 1.64. The second-order valence-corrected chi connectivity index (χ2v) is 5.18. The smallest absolute Gasteiger partial charge is 0.225 e. The fourth-order valence-corrected chi connectivity index (χ4v) is 2.57. The predicted octanol–water partition coefficient (Wildman–Crippen LogP) is 2.74. The summed E-state index contributed by atoms with van der Waals surface area (Å²) in [6, 6.07) is 11.7. The van der Waals surface area contributed by atoms with Crippen molar-refractivity contribution in [2.75, 3.05) is 11.9 Å². The van der Waals surface area contributed by atoms with Crippen LogP contribution < -0.4 is 10.6 Å². The molecule has 4 heteroatoms. The Kier molecular flexibility index (Phi) is 3.46. The molecule has 1 unspecified atom stereocenters. The lowest BCUT2D eigenvalue weighted by Gasteiger charge is -2.26. The number of furan rings is 1. The molecule has 20 heavy (non-hydrogen) atoms. The molecule has 0 aliphatic carbocycles. The summed E-state index contributed by atoms with van der Waals surface area (Å²) in [4.78, 5) is 12.3. The van der Waals surface area contributed by atoms with Gasteiger partial charge in [-0.25, -0.2) is 0 Å². The van der Waals surface area contributed by atoms with E-state index in [4.69, 9.17) is 4.42 Å². The lowest BCUT2D eigenvalue weighted by molar-refractivity contribution is -0.125. The number of carbonyl (C=O) groups is 1. The Morgan fingerprint density at radius 2 is 2.20 bits per heavy atom. The van der Waals surface area contributed by atoms with Gasteiger partial charge in [0.25, 0.3) is 0 Å². The Morgan fingerprint density at radius 3 is 3.00 bits per heavy atom. The number of amides is 1. The summed E-state index contributed by atoms with van der Waals surface area (Å²) in [6.45, 7) is 2.61.